The predicted molar refractivity (Wildman–Crippen MR) is 52.1 cm³/mol. The number of carbonyl (C=O) groups is 1. The summed E-state index contributed by atoms with van der Waals surface area (Å²) in [5.74, 6) is -1.33. The van der Waals surface area contributed by atoms with Crippen LogP contribution in [-0.2, 0) is 0 Å². The SMILES string of the molecule is O=C(O)c1c[nH]c2c(=O)cc[nH]c2c1=O. The van der Waals surface area contributed by atoms with Gasteiger partial charge in [-0.1, -0.05) is 0 Å². The van der Waals surface area contributed by atoms with Crippen LogP contribution < -0.4 is 10.9 Å². The highest BCUT2D eigenvalue weighted by molar-refractivity contribution is 5.90. The molecule has 0 atom stereocenters. The van der Waals surface area contributed by atoms with Crippen LogP contribution in [0.2, 0.25) is 0 Å². The summed E-state index contributed by atoms with van der Waals surface area (Å²) in [7, 11) is 0. The van der Waals surface area contributed by atoms with Gasteiger partial charge in [0.05, 0.1) is 0 Å². The molecule has 0 saturated carbocycles. The fourth-order valence-electron chi connectivity index (χ4n) is 1.31. The summed E-state index contributed by atoms with van der Waals surface area (Å²) in [6, 6.07) is 1.25. The molecule has 15 heavy (non-hydrogen) atoms. The van der Waals surface area contributed by atoms with Crippen molar-refractivity contribution in [2.24, 2.45) is 0 Å². The Morgan fingerprint density at radius 1 is 1.20 bits per heavy atom. The van der Waals surface area contributed by atoms with Gasteiger partial charge < -0.3 is 15.1 Å². The van der Waals surface area contributed by atoms with E-state index >= 15 is 0 Å². The van der Waals surface area contributed by atoms with Crippen LogP contribution in [-0.4, -0.2) is 21.0 Å². The van der Waals surface area contributed by atoms with Crippen molar-refractivity contribution < 1.29 is 9.90 Å². The molecule has 0 unspecified atom stereocenters. The Kier molecular flexibility index (Phi) is 1.89. The van der Waals surface area contributed by atoms with E-state index in [9.17, 15) is 14.4 Å². The molecule has 0 radical (unpaired) electrons. The molecule has 2 heterocycles. The standard InChI is InChI=1S/C9H6N2O4/c12-5-1-2-10-7-6(5)11-3-4(8(7)13)9(14)15/h1-3H,(H,10,12)(H,11,13)(H,14,15). The Morgan fingerprint density at radius 2 is 1.93 bits per heavy atom. The van der Waals surface area contributed by atoms with Crippen LogP contribution in [0.15, 0.2) is 28.0 Å². The lowest BCUT2D eigenvalue weighted by atomic mass is 10.2. The van der Waals surface area contributed by atoms with E-state index in [0.29, 0.717) is 0 Å². The summed E-state index contributed by atoms with van der Waals surface area (Å²) in [6.45, 7) is 0. The van der Waals surface area contributed by atoms with Crippen molar-refractivity contribution in [1.29, 1.82) is 0 Å². The van der Waals surface area contributed by atoms with Crippen molar-refractivity contribution >= 4 is 17.0 Å². The molecule has 2 aromatic heterocycles. The average molecular weight is 206 g/mol. The van der Waals surface area contributed by atoms with Crippen molar-refractivity contribution in [2.75, 3.05) is 0 Å². The van der Waals surface area contributed by atoms with Gasteiger partial charge in [-0.15, -0.1) is 0 Å². The van der Waals surface area contributed by atoms with Gasteiger partial charge in [0.15, 0.2) is 0 Å². The molecule has 0 amide bonds. The maximum absolute atomic E-state index is 11.6. The Labute approximate surface area is 82.2 Å². The van der Waals surface area contributed by atoms with Crippen LogP contribution in [0.1, 0.15) is 10.4 Å². The molecule has 0 bridgehead atoms. The maximum atomic E-state index is 11.6. The molecule has 0 aromatic carbocycles. The zero-order valence-corrected chi connectivity index (χ0v) is 7.40. The number of nitrogens with one attached hydrogen (secondary N) is 2. The molecule has 0 aliphatic rings. The first-order valence-corrected chi connectivity index (χ1v) is 4.07. The van der Waals surface area contributed by atoms with Crippen molar-refractivity contribution in [3.05, 3.63) is 44.5 Å². The molecule has 0 fully saturated rings. The zero-order chi connectivity index (χ0) is 11.0. The highest BCUT2D eigenvalue weighted by atomic mass is 16.4. The molecule has 2 aromatic rings. The molecule has 6 nitrogen and oxygen atoms in total. The number of H-pyrrole nitrogens is 2. The number of aromatic carboxylic acids is 1. The van der Waals surface area contributed by atoms with Crippen molar-refractivity contribution in [3.8, 4) is 0 Å². The van der Waals surface area contributed by atoms with E-state index in [0.717, 1.165) is 6.20 Å². The molecular weight excluding hydrogens is 200 g/mol. The number of aromatic nitrogens is 2. The van der Waals surface area contributed by atoms with Gasteiger partial charge in [0.1, 0.15) is 16.6 Å². The lowest BCUT2D eigenvalue weighted by Gasteiger charge is -1.97. The lowest BCUT2D eigenvalue weighted by molar-refractivity contribution is 0.0695. The first kappa shape index (κ1) is 9.20. The van der Waals surface area contributed by atoms with E-state index in [4.69, 9.17) is 5.11 Å². The smallest absolute Gasteiger partial charge is 0.341 e. The monoisotopic (exact) mass is 206 g/mol. The summed E-state index contributed by atoms with van der Waals surface area (Å²) in [5.41, 5.74) is -1.41. The van der Waals surface area contributed by atoms with Gasteiger partial charge in [-0.25, -0.2) is 4.79 Å². The molecule has 6 heteroatoms. The normalized spacial score (nSPS) is 10.4. The van der Waals surface area contributed by atoms with Crippen LogP contribution in [0, 0.1) is 0 Å². The first-order chi connectivity index (χ1) is 7.11. The van der Waals surface area contributed by atoms with E-state index in [1.165, 1.54) is 12.3 Å². The van der Waals surface area contributed by atoms with Crippen molar-refractivity contribution in [1.82, 2.24) is 9.97 Å². The van der Waals surface area contributed by atoms with Gasteiger partial charge in [0.25, 0.3) is 0 Å². The van der Waals surface area contributed by atoms with Crippen LogP contribution in [0.25, 0.3) is 11.0 Å². The molecule has 76 valence electrons. The van der Waals surface area contributed by atoms with Gasteiger partial charge in [-0.3, -0.25) is 9.59 Å². The Bertz CT molecular complexity index is 653. The summed E-state index contributed by atoms with van der Waals surface area (Å²) in [6.07, 6.45) is 2.31. The number of rotatable bonds is 1. The molecule has 0 aliphatic carbocycles. The molecule has 0 spiro atoms. The Hall–Kier alpha value is -2.37. The first-order valence-electron chi connectivity index (χ1n) is 4.07. The van der Waals surface area contributed by atoms with Gasteiger partial charge >= 0.3 is 5.97 Å². The number of aromatic amines is 2. The quantitative estimate of drug-likeness (QED) is 0.606. The van der Waals surface area contributed by atoms with Crippen LogP contribution in [0.5, 0.6) is 0 Å². The number of carboxylic acids is 1. The second-order valence-electron chi connectivity index (χ2n) is 2.93. The third kappa shape index (κ3) is 1.32. The van der Waals surface area contributed by atoms with Gasteiger partial charge in [-0.2, -0.15) is 0 Å². The number of hydrogen-bond donors (Lipinski definition) is 3. The average Bonchev–Trinajstić information content (AvgIpc) is 2.19. The summed E-state index contributed by atoms with van der Waals surface area (Å²) in [5, 5.41) is 8.68. The highest BCUT2D eigenvalue weighted by Crippen LogP contribution is 1.99. The van der Waals surface area contributed by atoms with Gasteiger partial charge in [-0.05, 0) is 0 Å². The number of hydrogen-bond acceptors (Lipinski definition) is 3. The molecule has 0 aliphatic heterocycles. The fourth-order valence-corrected chi connectivity index (χ4v) is 1.31. The number of carboxylic acid groups (broad SMARTS) is 1. The van der Waals surface area contributed by atoms with E-state index < -0.39 is 17.0 Å². The minimum absolute atomic E-state index is 0.0256. The number of pyridine rings is 2. The molecular formula is C9H6N2O4. The minimum Gasteiger partial charge on any atom is -0.477 e. The van der Waals surface area contributed by atoms with Crippen LogP contribution >= 0.6 is 0 Å². The van der Waals surface area contributed by atoms with Crippen molar-refractivity contribution in [3.63, 3.8) is 0 Å². The van der Waals surface area contributed by atoms with Crippen molar-refractivity contribution in [2.45, 2.75) is 0 Å². The summed E-state index contributed by atoms with van der Waals surface area (Å²) in [4.78, 5) is 38.5. The highest BCUT2D eigenvalue weighted by Gasteiger charge is 2.12. The molecule has 3 N–H and O–H groups in total. The van der Waals surface area contributed by atoms with E-state index in [-0.39, 0.29) is 16.5 Å². The van der Waals surface area contributed by atoms with E-state index in [1.54, 1.807) is 0 Å². The third-order valence-electron chi connectivity index (χ3n) is 2.02. The van der Waals surface area contributed by atoms with Crippen LogP contribution in [0.4, 0.5) is 0 Å². The third-order valence-corrected chi connectivity index (χ3v) is 2.02. The summed E-state index contributed by atoms with van der Waals surface area (Å²) >= 11 is 0. The van der Waals surface area contributed by atoms with Crippen LogP contribution in [0.3, 0.4) is 0 Å². The number of fused-ring (bicyclic) bond motifs is 1. The predicted octanol–water partition coefficient (Wildman–Crippen LogP) is -0.0854. The molecule has 2 rings (SSSR count). The summed E-state index contributed by atoms with van der Waals surface area (Å²) < 4.78 is 0. The lowest BCUT2D eigenvalue weighted by Crippen LogP contribution is -2.19. The maximum Gasteiger partial charge on any atom is 0.341 e. The zero-order valence-electron chi connectivity index (χ0n) is 7.40. The van der Waals surface area contributed by atoms with E-state index in [1.807, 2.05) is 0 Å². The second kappa shape index (κ2) is 3.09. The van der Waals surface area contributed by atoms with Gasteiger partial charge in [0.2, 0.25) is 10.9 Å². The topological polar surface area (TPSA) is 103 Å². The minimum atomic E-state index is -1.33. The fraction of sp³-hybridized carbons (Fsp3) is 0. The second-order valence-corrected chi connectivity index (χ2v) is 2.93. The largest absolute Gasteiger partial charge is 0.477 e. The van der Waals surface area contributed by atoms with Gasteiger partial charge in [0, 0.05) is 18.5 Å². The van der Waals surface area contributed by atoms with E-state index in [2.05, 4.69) is 9.97 Å². The Balaban J connectivity index is 2.99. The molecule has 0 saturated heterocycles. The Morgan fingerprint density at radius 3 is 2.60 bits per heavy atom.